The van der Waals surface area contributed by atoms with Crippen LogP contribution in [0.25, 0.3) is 0 Å². The summed E-state index contributed by atoms with van der Waals surface area (Å²) in [7, 11) is 1.61. The minimum absolute atomic E-state index is 0.0792. The number of methoxy groups -OCH3 is 1. The lowest BCUT2D eigenvalue weighted by Gasteiger charge is -2.37. The highest BCUT2D eigenvalue weighted by Gasteiger charge is 2.48. The topological polar surface area (TPSA) is 88.5 Å². The molecule has 8 nitrogen and oxygen atoms in total. The summed E-state index contributed by atoms with van der Waals surface area (Å²) in [5, 5.41) is 10.4. The van der Waals surface area contributed by atoms with Crippen molar-refractivity contribution in [2.24, 2.45) is 5.92 Å². The van der Waals surface area contributed by atoms with E-state index in [2.05, 4.69) is 11.8 Å². The van der Waals surface area contributed by atoms with E-state index in [0.29, 0.717) is 23.8 Å². The number of fused-ring (bicyclic) bond motifs is 1. The van der Waals surface area contributed by atoms with Gasteiger partial charge in [0.2, 0.25) is 12.7 Å². The molecule has 3 aliphatic rings. The Balaban J connectivity index is 1.49. The maximum absolute atomic E-state index is 13.6. The zero-order valence-corrected chi connectivity index (χ0v) is 20.9. The van der Waals surface area contributed by atoms with Crippen LogP contribution in [0.5, 0.6) is 17.2 Å². The zero-order valence-electron chi connectivity index (χ0n) is 20.9. The minimum atomic E-state index is -0.877. The number of carbonyl (C=O) groups is 2. The Kier molecular flexibility index (Phi) is 7.05. The van der Waals surface area contributed by atoms with E-state index in [4.69, 9.17) is 14.2 Å². The van der Waals surface area contributed by atoms with Gasteiger partial charge in [-0.15, -0.1) is 0 Å². The fraction of sp³-hybridized carbons (Fsp3) is 0.500. The summed E-state index contributed by atoms with van der Waals surface area (Å²) >= 11 is 0. The molecule has 0 spiro atoms. The van der Waals surface area contributed by atoms with Gasteiger partial charge in [-0.1, -0.05) is 25.1 Å². The van der Waals surface area contributed by atoms with E-state index in [1.54, 1.807) is 7.11 Å². The molecule has 192 valence electrons. The molecular formula is C28H34N2O6. The van der Waals surface area contributed by atoms with Crippen molar-refractivity contribution in [3.05, 3.63) is 53.6 Å². The number of hydrogen-bond donors (Lipinski definition) is 1. The van der Waals surface area contributed by atoms with Gasteiger partial charge in [0, 0.05) is 31.1 Å². The quantitative estimate of drug-likeness (QED) is 0.621. The second kappa shape index (κ2) is 10.4. The summed E-state index contributed by atoms with van der Waals surface area (Å²) in [5.74, 6) is 0.172. The maximum atomic E-state index is 13.6. The lowest BCUT2D eigenvalue weighted by molar-refractivity contribution is -0.144. The second-order valence-corrected chi connectivity index (χ2v) is 9.88. The number of likely N-dealkylation sites (tertiary alicyclic amines) is 2. The Bertz CT molecular complexity index is 1100. The van der Waals surface area contributed by atoms with Gasteiger partial charge in [0.05, 0.1) is 19.6 Å². The van der Waals surface area contributed by atoms with Crippen LogP contribution in [0, 0.1) is 5.92 Å². The first-order chi connectivity index (χ1) is 17.5. The third-order valence-corrected chi connectivity index (χ3v) is 7.92. The Hall–Kier alpha value is -3.26. The lowest BCUT2D eigenvalue weighted by Crippen LogP contribution is -2.48. The van der Waals surface area contributed by atoms with Crippen LogP contribution < -0.4 is 14.2 Å². The van der Waals surface area contributed by atoms with Crippen molar-refractivity contribution in [1.29, 1.82) is 0 Å². The number of amides is 1. The van der Waals surface area contributed by atoms with Gasteiger partial charge in [0.1, 0.15) is 5.75 Å². The molecule has 4 unspecified atom stereocenters. The molecular weight excluding hydrogens is 460 g/mol. The average Bonchev–Trinajstić information content (AvgIpc) is 3.53. The van der Waals surface area contributed by atoms with Crippen LogP contribution in [0.1, 0.15) is 55.7 Å². The molecule has 3 aliphatic heterocycles. The predicted molar refractivity (Wildman–Crippen MR) is 133 cm³/mol. The third-order valence-electron chi connectivity index (χ3n) is 7.92. The molecule has 0 aliphatic carbocycles. The van der Waals surface area contributed by atoms with Crippen molar-refractivity contribution in [3.63, 3.8) is 0 Å². The summed E-state index contributed by atoms with van der Waals surface area (Å²) < 4.78 is 16.3. The van der Waals surface area contributed by atoms with Gasteiger partial charge >= 0.3 is 5.97 Å². The highest BCUT2D eigenvalue weighted by atomic mass is 16.7. The number of benzene rings is 2. The summed E-state index contributed by atoms with van der Waals surface area (Å²) in [6.07, 6.45) is 4.13. The van der Waals surface area contributed by atoms with Crippen molar-refractivity contribution in [2.75, 3.05) is 33.5 Å². The number of aliphatic carboxylic acids is 1. The summed E-state index contributed by atoms with van der Waals surface area (Å²) in [5.41, 5.74) is 1.74. The van der Waals surface area contributed by atoms with E-state index in [0.717, 1.165) is 43.4 Å². The largest absolute Gasteiger partial charge is 0.497 e. The number of rotatable bonds is 7. The molecule has 0 radical (unpaired) electrons. The third kappa shape index (κ3) is 4.62. The monoisotopic (exact) mass is 494 g/mol. The Labute approximate surface area is 211 Å². The van der Waals surface area contributed by atoms with E-state index < -0.39 is 17.9 Å². The predicted octanol–water partition coefficient (Wildman–Crippen LogP) is 4.06. The smallest absolute Gasteiger partial charge is 0.309 e. The van der Waals surface area contributed by atoms with E-state index >= 15 is 0 Å². The van der Waals surface area contributed by atoms with E-state index in [1.165, 1.54) is 0 Å². The van der Waals surface area contributed by atoms with Crippen LogP contribution >= 0.6 is 0 Å². The Morgan fingerprint density at radius 2 is 1.81 bits per heavy atom. The van der Waals surface area contributed by atoms with Crippen LogP contribution in [0.15, 0.2) is 42.5 Å². The number of carboxylic acids is 1. The first-order valence-corrected chi connectivity index (χ1v) is 12.8. The molecule has 2 aromatic rings. The number of carbonyl (C=O) groups excluding carboxylic acids is 1. The van der Waals surface area contributed by atoms with Gasteiger partial charge in [-0.05, 0) is 61.1 Å². The van der Waals surface area contributed by atoms with Gasteiger partial charge in [-0.3, -0.25) is 14.5 Å². The molecule has 4 atom stereocenters. The summed E-state index contributed by atoms with van der Waals surface area (Å²) in [6.45, 7) is 3.71. The number of ether oxygens (including phenoxy) is 3. The van der Waals surface area contributed by atoms with E-state index in [1.807, 2.05) is 47.4 Å². The lowest BCUT2D eigenvalue weighted by atomic mass is 9.82. The maximum Gasteiger partial charge on any atom is 0.309 e. The molecule has 1 amide bonds. The fourth-order valence-corrected chi connectivity index (χ4v) is 6.09. The fourth-order valence-electron chi connectivity index (χ4n) is 6.09. The molecule has 3 heterocycles. The van der Waals surface area contributed by atoms with Crippen LogP contribution in [-0.2, 0) is 9.59 Å². The van der Waals surface area contributed by atoms with Crippen molar-refractivity contribution in [2.45, 2.75) is 50.6 Å². The zero-order chi connectivity index (χ0) is 25.2. The van der Waals surface area contributed by atoms with E-state index in [9.17, 15) is 14.7 Å². The number of nitrogens with zero attached hydrogens (tertiary/aromatic N) is 2. The Morgan fingerprint density at radius 3 is 2.53 bits per heavy atom. The summed E-state index contributed by atoms with van der Waals surface area (Å²) in [4.78, 5) is 30.4. The highest BCUT2D eigenvalue weighted by Crippen LogP contribution is 2.48. The van der Waals surface area contributed by atoms with Crippen molar-refractivity contribution in [3.8, 4) is 17.2 Å². The van der Waals surface area contributed by atoms with Gasteiger partial charge in [-0.2, -0.15) is 0 Å². The Morgan fingerprint density at radius 1 is 1.06 bits per heavy atom. The standard InChI is InChI=1S/C28H34N2O6/c1-3-20-6-4-5-13-30(20)25(31)16-29-15-22(19-9-12-23-24(14-19)36-17-35-23)26(28(32)33)27(29)18-7-10-21(34-2)11-8-18/h7-12,14,20,22,26-27H,3-6,13,15-17H2,1-2H3,(H,32,33). The molecule has 5 rings (SSSR count). The van der Waals surface area contributed by atoms with Gasteiger partial charge < -0.3 is 24.2 Å². The SMILES string of the molecule is CCC1CCCCN1C(=O)CN1CC(c2ccc3c(c2)OCO3)C(C(=O)O)C1c1ccc(OC)cc1. The molecule has 2 aromatic carbocycles. The minimum Gasteiger partial charge on any atom is -0.497 e. The van der Waals surface area contributed by atoms with Crippen LogP contribution in [-0.4, -0.2) is 66.4 Å². The molecule has 1 N–H and O–H groups in total. The van der Waals surface area contributed by atoms with Gasteiger partial charge in [0.25, 0.3) is 0 Å². The van der Waals surface area contributed by atoms with Crippen molar-refractivity contribution < 1.29 is 28.9 Å². The number of carboxylic acid groups (broad SMARTS) is 1. The molecule has 0 aromatic heterocycles. The first-order valence-electron chi connectivity index (χ1n) is 12.8. The summed E-state index contributed by atoms with van der Waals surface area (Å²) in [6, 6.07) is 13.0. The average molecular weight is 495 g/mol. The molecule has 2 fully saturated rings. The molecule has 8 heteroatoms. The first kappa shape index (κ1) is 24.4. The van der Waals surface area contributed by atoms with Crippen molar-refractivity contribution >= 4 is 11.9 Å². The second-order valence-electron chi connectivity index (χ2n) is 9.88. The molecule has 36 heavy (non-hydrogen) atoms. The van der Waals surface area contributed by atoms with Crippen molar-refractivity contribution in [1.82, 2.24) is 9.80 Å². The number of hydrogen-bond acceptors (Lipinski definition) is 6. The van der Waals surface area contributed by atoms with Crippen LogP contribution in [0.2, 0.25) is 0 Å². The van der Waals surface area contributed by atoms with Gasteiger partial charge in [-0.25, -0.2) is 0 Å². The highest BCUT2D eigenvalue weighted by molar-refractivity contribution is 5.80. The number of piperidine rings is 1. The normalized spacial score (nSPS) is 25.7. The molecule has 0 saturated carbocycles. The van der Waals surface area contributed by atoms with E-state index in [-0.39, 0.29) is 31.2 Å². The van der Waals surface area contributed by atoms with Crippen LogP contribution in [0.3, 0.4) is 0 Å². The van der Waals surface area contributed by atoms with Crippen LogP contribution in [0.4, 0.5) is 0 Å². The van der Waals surface area contributed by atoms with Gasteiger partial charge in [0.15, 0.2) is 11.5 Å². The molecule has 0 bridgehead atoms. The molecule has 2 saturated heterocycles.